The molecule has 0 radical (unpaired) electrons. The second-order valence-corrected chi connectivity index (χ2v) is 9.16. The molecule has 3 aromatic rings. The molecule has 0 bridgehead atoms. The molecule has 0 saturated carbocycles. The number of benzene rings is 2. The number of rotatable bonds is 6. The number of carbonyl (C=O) groups is 3. The zero-order chi connectivity index (χ0) is 24.6. The molecule has 0 aliphatic carbocycles. The van der Waals surface area contributed by atoms with Crippen molar-refractivity contribution >= 4 is 29.1 Å². The fourth-order valence-electron chi connectivity index (χ4n) is 4.18. The van der Waals surface area contributed by atoms with Gasteiger partial charge in [-0.05, 0) is 36.1 Å². The molecule has 34 heavy (non-hydrogen) atoms. The summed E-state index contributed by atoms with van der Waals surface area (Å²) >= 11 is 0. The number of amides is 1. The van der Waals surface area contributed by atoms with E-state index in [1.165, 1.54) is 4.90 Å². The van der Waals surface area contributed by atoms with Crippen molar-refractivity contribution in [3.05, 3.63) is 82.9 Å². The van der Waals surface area contributed by atoms with Crippen molar-refractivity contribution in [1.29, 1.82) is 0 Å². The van der Waals surface area contributed by atoms with Crippen LogP contribution < -0.4 is 9.80 Å². The van der Waals surface area contributed by atoms with E-state index in [4.69, 9.17) is 0 Å². The van der Waals surface area contributed by atoms with E-state index in [1.54, 1.807) is 29.2 Å². The Kier molecular flexibility index (Phi) is 6.28. The third-order valence-electron chi connectivity index (χ3n) is 6.21. The lowest BCUT2D eigenvalue weighted by molar-refractivity contribution is -0.135. The molecule has 1 aliphatic rings. The minimum Gasteiger partial charge on any atom is -0.361 e. The number of nitrogens with zero attached hydrogens (tertiary/aromatic N) is 4. The SMILES string of the molecule is Cc1ccc(C(=O)C2C(=O)C(=O)N(c3ccc(N(C)C)nn3)C2c2ccc(C(C)C)cc2)cc1. The Bertz CT molecular complexity index is 1220. The van der Waals surface area contributed by atoms with Crippen molar-refractivity contribution in [2.75, 3.05) is 23.9 Å². The normalized spacial score (nSPS) is 18.0. The van der Waals surface area contributed by atoms with Crippen LogP contribution in [0.15, 0.2) is 60.7 Å². The number of Topliss-reactive ketones (excluding diaryl/α,β-unsaturated/α-hetero) is 2. The molecule has 0 N–H and O–H groups in total. The summed E-state index contributed by atoms with van der Waals surface area (Å²) in [7, 11) is 3.67. The number of hydrogen-bond donors (Lipinski definition) is 0. The Labute approximate surface area is 199 Å². The summed E-state index contributed by atoms with van der Waals surface area (Å²) in [6.07, 6.45) is 0. The van der Waals surface area contributed by atoms with E-state index < -0.39 is 23.7 Å². The third kappa shape index (κ3) is 4.21. The standard InChI is InChI=1S/C27H28N4O3/c1-16(2)18-10-12-19(13-11-18)24-23(25(32)20-8-6-17(3)7-9-20)26(33)27(34)31(24)22-15-14-21(28-29-22)30(4)5/h6-16,23-24H,1-5H3. The van der Waals surface area contributed by atoms with Crippen LogP contribution in [0.1, 0.15) is 52.9 Å². The van der Waals surface area contributed by atoms with Gasteiger partial charge in [-0.25, -0.2) is 0 Å². The van der Waals surface area contributed by atoms with Gasteiger partial charge in [-0.3, -0.25) is 19.3 Å². The van der Waals surface area contributed by atoms with E-state index >= 15 is 0 Å². The first-order valence-corrected chi connectivity index (χ1v) is 11.3. The van der Waals surface area contributed by atoms with Crippen molar-refractivity contribution in [3.8, 4) is 0 Å². The van der Waals surface area contributed by atoms with Gasteiger partial charge in [-0.15, -0.1) is 10.2 Å². The van der Waals surface area contributed by atoms with Crippen molar-refractivity contribution < 1.29 is 14.4 Å². The second-order valence-electron chi connectivity index (χ2n) is 9.16. The Morgan fingerprint density at radius 2 is 1.56 bits per heavy atom. The first-order chi connectivity index (χ1) is 16.2. The van der Waals surface area contributed by atoms with Crippen LogP contribution in [0.5, 0.6) is 0 Å². The van der Waals surface area contributed by atoms with Gasteiger partial charge in [0, 0.05) is 19.7 Å². The monoisotopic (exact) mass is 456 g/mol. The van der Waals surface area contributed by atoms with E-state index in [0.717, 1.165) is 11.1 Å². The average molecular weight is 457 g/mol. The van der Waals surface area contributed by atoms with E-state index in [9.17, 15) is 14.4 Å². The van der Waals surface area contributed by atoms with Crippen LogP contribution in [-0.2, 0) is 9.59 Å². The lowest BCUT2D eigenvalue weighted by atomic mass is 9.85. The molecule has 174 valence electrons. The van der Waals surface area contributed by atoms with Gasteiger partial charge in [0.05, 0.1) is 6.04 Å². The van der Waals surface area contributed by atoms with Crippen LogP contribution in [0, 0.1) is 12.8 Å². The first-order valence-electron chi connectivity index (χ1n) is 11.3. The molecular formula is C27H28N4O3. The maximum atomic E-state index is 13.6. The van der Waals surface area contributed by atoms with Crippen LogP contribution in [0.25, 0.3) is 0 Å². The van der Waals surface area contributed by atoms with E-state index in [0.29, 0.717) is 22.9 Å². The van der Waals surface area contributed by atoms with E-state index in [2.05, 4.69) is 24.0 Å². The molecule has 4 rings (SSSR count). The summed E-state index contributed by atoms with van der Waals surface area (Å²) in [5.74, 6) is -1.86. The Hall–Kier alpha value is -3.87. The number of aryl methyl sites for hydroxylation is 1. The summed E-state index contributed by atoms with van der Waals surface area (Å²) in [5, 5.41) is 8.39. The zero-order valence-electron chi connectivity index (χ0n) is 20.0. The summed E-state index contributed by atoms with van der Waals surface area (Å²) in [6.45, 7) is 6.11. The van der Waals surface area contributed by atoms with Gasteiger partial charge in [0.1, 0.15) is 5.92 Å². The van der Waals surface area contributed by atoms with Crippen LogP contribution in [0.3, 0.4) is 0 Å². The van der Waals surface area contributed by atoms with Crippen LogP contribution >= 0.6 is 0 Å². The van der Waals surface area contributed by atoms with Crippen LogP contribution in [0.2, 0.25) is 0 Å². The van der Waals surface area contributed by atoms with Gasteiger partial charge in [0.25, 0.3) is 5.91 Å². The quantitative estimate of drug-likeness (QED) is 0.315. The smallest absolute Gasteiger partial charge is 0.297 e. The topological polar surface area (TPSA) is 83.5 Å². The molecule has 7 heteroatoms. The minimum atomic E-state index is -1.17. The lowest BCUT2D eigenvalue weighted by Gasteiger charge is -2.26. The van der Waals surface area contributed by atoms with Gasteiger partial charge >= 0.3 is 0 Å². The molecule has 1 fully saturated rings. The molecule has 1 aromatic heterocycles. The first kappa shape index (κ1) is 23.3. The van der Waals surface area contributed by atoms with E-state index in [-0.39, 0.29) is 11.6 Å². The fourth-order valence-corrected chi connectivity index (χ4v) is 4.18. The Balaban J connectivity index is 1.82. The molecule has 7 nitrogen and oxygen atoms in total. The van der Waals surface area contributed by atoms with Gasteiger partial charge in [-0.1, -0.05) is 67.9 Å². The predicted octanol–water partition coefficient (Wildman–Crippen LogP) is 4.13. The predicted molar refractivity (Wildman–Crippen MR) is 131 cm³/mol. The van der Waals surface area contributed by atoms with Crippen molar-refractivity contribution in [3.63, 3.8) is 0 Å². The van der Waals surface area contributed by atoms with E-state index in [1.807, 2.05) is 57.4 Å². The summed E-state index contributed by atoms with van der Waals surface area (Å²) in [5.41, 5.74) is 3.23. The number of ketones is 2. The molecular weight excluding hydrogens is 428 g/mol. The minimum absolute atomic E-state index is 0.237. The van der Waals surface area contributed by atoms with Crippen molar-refractivity contribution in [2.45, 2.75) is 32.7 Å². The van der Waals surface area contributed by atoms with Gasteiger partial charge in [-0.2, -0.15) is 0 Å². The maximum absolute atomic E-state index is 13.6. The second kappa shape index (κ2) is 9.17. The lowest BCUT2D eigenvalue weighted by Crippen LogP contribution is -2.31. The highest BCUT2D eigenvalue weighted by Crippen LogP contribution is 2.41. The highest BCUT2D eigenvalue weighted by Gasteiger charge is 2.52. The summed E-state index contributed by atoms with van der Waals surface area (Å²) < 4.78 is 0. The molecule has 2 atom stereocenters. The maximum Gasteiger partial charge on any atom is 0.297 e. The highest BCUT2D eigenvalue weighted by molar-refractivity contribution is 6.48. The Morgan fingerprint density at radius 3 is 2.09 bits per heavy atom. The highest BCUT2D eigenvalue weighted by atomic mass is 16.2. The number of hydrogen-bond acceptors (Lipinski definition) is 6. The van der Waals surface area contributed by atoms with Crippen LogP contribution in [0.4, 0.5) is 11.6 Å². The molecule has 1 aliphatic heterocycles. The largest absolute Gasteiger partial charge is 0.361 e. The zero-order valence-corrected chi connectivity index (χ0v) is 20.0. The molecule has 1 saturated heterocycles. The third-order valence-corrected chi connectivity index (χ3v) is 6.21. The number of anilines is 2. The molecule has 2 unspecified atom stereocenters. The molecule has 0 spiro atoms. The van der Waals surface area contributed by atoms with Gasteiger partial charge < -0.3 is 4.90 Å². The molecule has 2 aromatic carbocycles. The fraction of sp³-hybridized carbons (Fsp3) is 0.296. The summed E-state index contributed by atoms with van der Waals surface area (Å²) in [4.78, 5) is 43.1. The summed E-state index contributed by atoms with van der Waals surface area (Å²) in [6, 6.07) is 17.3. The number of carbonyl (C=O) groups excluding carboxylic acids is 3. The molecule has 1 amide bonds. The van der Waals surface area contributed by atoms with Gasteiger partial charge in [0.15, 0.2) is 17.4 Å². The Morgan fingerprint density at radius 1 is 0.912 bits per heavy atom. The average Bonchev–Trinajstić information content (AvgIpc) is 3.09. The van der Waals surface area contributed by atoms with Crippen LogP contribution in [-0.4, -0.2) is 41.8 Å². The van der Waals surface area contributed by atoms with Crippen molar-refractivity contribution in [1.82, 2.24) is 10.2 Å². The van der Waals surface area contributed by atoms with Gasteiger partial charge in [0.2, 0.25) is 5.78 Å². The number of aromatic nitrogens is 2. The molecule has 2 heterocycles. The van der Waals surface area contributed by atoms with Crippen molar-refractivity contribution in [2.24, 2.45) is 5.92 Å².